The minimum atomic E-state index is -0.0166. The zero-order valence-electron chi connectivity index (χ0n) is 14.7. The van der Waals surface area contributed by atoms with Gasteiger partial charge < -0.3 is 15.0 Å². The quantitative estimate of drug-likeness (QED) is 0.900. The van der Waals surface area contributed by atoms with E-state index < -0.39 is 0 Å². The van der Waals surface area contributed by atoms with Crippen LogP contribution in [0.25, 0.3) is 0 Å². The fourth-order valence-electron chi connectivity index (χ4n) is 3.27. The Morgan fingerprint density at radius 1 is 1.32 bits per heavy atom. The summed E-state index contributed by atoms with van der Waals surface area (Å²) in [5.74, 6) is 1.28. The van der Waals surface area contributed by atoms with Crippen molar-refractivity contribution in [3.63, 3.8) is 0 Å². The number of nitrogens with zero attached hydrogens (tertiary/aromatic N) is 3. The summed E-state index contributed by atoms with van der Waals surface area (Å²) in [6.45, 7) is 2.93. The van der Waals surface area contributed by atoms with E-state index in [1.165, 1.54) is 12.7 Å². The molecule has 0 spiro atoms. The Hall–Kier alpha value is -2.63. The van der Waals surface area contributed by atoms with Gasteiger partial charge in [-0.05, 0) is 37.8 Å². The van der Waals surface area contributed by atoms with E-state index in [0.29, 0.717) is 17.6 Å². The van der Waals surface area contributed by atoms with Crippen LogP contribution in [0.5, 0.6) is 5.75 Å². The number of ether oxygens (including phenoxy) is 1. The van der Waals surface area contributed by atoms with Gasteiger partial charge >= 0.3 is 0 Å². The predicted molar refractivity (Wildman–Crippen MR) is 97.3 cm³/mol. The second-order valence-corrected chi connectivity index (χ2v) is 6.17. The molecule has 1 unspecified atom stereocenters. The summed E-state index contributed by atoms with van der Waals surface area (Å²) in [5, 5.41) is 3.20. The number of piperidine rings is 1. The highest BCUT2D eigenvalue weighted by Gasteiger charge is 2.27. The monoisotopic (exact) mass is 340 g/mol. The molecular formula is C19H24N4O2. The van der Waals surface area contributed by atoms with E-state index in [2.05, 4.69) is 22.2 Å². The maximum atomic E-state index is 12.9. The van der Waals surface area contributed by atoms with Crippen LogP contribution >= 0.6 is 0 Å². The molecule has 1 aromatic heterocycles. The summed E-state index contributed by atoms with van der Waals surface area (Å²) in [4.78, 5) is 23.3. The number of anilines is 2. The number of hydrogen-bond donors (Lipinski definition) is 1. The van der Waals surface area contributed by atoms with Crippen LogP contribution in [0.4, 0.5) is 11.5 Å². The lowest BCUT2D eigenvalue weighted by Crippen LogP contribution is -2.43. The molecule has 1 aliphatic heterocycles. The minimum absolute atomic E-state index is 0.0166. The number of carbonyl (C=O) groups is 1. The molecule has 3 rings (SSSR count). The van der Waals surface area contributed by atoms with Crippen LogP contribution in [0.15, 0.2) is 36.7 Å². The first-order valence-corrected chi connectivity index (χ1v) is 8.76. The van der Waals surface area contributed by atoms with Crippen molar-refractivity contribution >= 4 is 17.4 Å². The maximum Gasteiger partial charge on any atom is 0.272 e. The van der Waals surface area contributed by atoms with Crippen LogP contribution < -0.4 is 10.1 Å². The number of benzene rings is 1. The van der Waals surface area contributed by atoms with E-state index in [4.69, 9.17) is 4.74 Å². The van der Waals surface area contributed by atoms with Crippen LogP contribution in [0.1, 0.15) is 43.1 Å². The molecular weight excluding hydrogens is 316 g/mol. The van der Waals surface area contributed by atoms with Crippen LogP contribution in [0, 0.1) is 0 Å². The average molecular weight is 340 g/mol. The second-order valence-electron chi connectivity index (χ2n) is 6.17. The Bertz CT molecular complexity index is 735. The number of hydrogen-bond acceptors (Lipinski definition) is 5. The molecule has 1 amide bonds. The first-order valence-electron chi connectivity index (χ1n) is 8.76. The third kappa shape index (κ3) is 3.90. The zero-order chi connectivity index (χ0) is 17.6. The Balaban J connectivity index is 1.80. The van der Waals surface area contributed by atoms with Crippen molar-refractivity contribution in [2.45, 2.75) is 38.6 Å². The van der Waals surface area contributed by atoms with Crippen LogP contribution in [-0.2, 0) is 0 Å². The van der Waals surface area contributed by atoms with E-state index in [0.717, 1.165) is 37.2 Å². The fourth-order valence-corrected chi connectivity index (χ4v) is 3.27. The lowest BCUT2D eigenvalue weighted by Gasteiger charge is -2.35. The van der Waals surface area contributed by atoms with Crippen molar-refractivity contribution in [1.82, 2.24) is 14.9 Å². The highest BCUT2D eigenvalue weighted by molar-refractivity contribution is 5.93. The molecule has 1 atom stereocenters. The predicted octanol–water partition coefficient (Wildman–Crippen LogP) is 3.63. The molecule has 1 aromatic carbocycles. The summed E-state index contributed by atoms with van der Waals surface area (Å²) >= 11 is 0. The molecule has 132 valence electrons. The Morgan fingerprint density at radius 2 is 2.16 bits per heavy atom. The number of aromatic nitrogens is 2. The van der Waals surface area contributed by atoms with Gasteiger partial charge in [-0.25, -0.2) is 9.97 Å². The van der Waals surface area contributed by atoms with Crippen molar-refractivity contribution in [3.05, 3.63) is 42.4 Å². The van der Waals surface area contributed by atoms with E-state index in [-0.39, 0.29) is 5.91 Å². The molecule has 2 heterocycles. The molecule has 1 aliphatic rings. The molecule has 0 radical (unpaired) electrons. The summed E-state index contributed by atoms with van der Waals surface area (Å²) in [6, 6.07) is 9.60. The second kappa shape index (κ2) is 7.96. The highest BCUT2D eigenvalue weighted by Crippen LogP contribution is 2.27. The molecule has 6 heteroatoms. The van der Waals surface area contributed by atoms with Gasteiger partial charge in [-0.1, -0.05) is 19.1 Å². The van der Waals surface area contributed by atoms with Crippen LogP contribution in [0.3, 0.4) is 0 Å². The van der Waals surface area contributed by atoms with Gasteiger partial charge in [0.2, 0.25) is 0 Å². The van der Waals surface area contributed by atoms with Crippen LogP contribution in [-0.4, -0.2) is 40.5 Å². The number of methoxy groups -OCH3 is 1. The van der Waals surface area contributed by atoms with Gasteiger partial charge in [0.25, 0.3) is 5.91 Å². The molecule has 0 saturated carbocycles. The van der Waals surface area contributed by atoms with Crippen molar-refractivity contribution in [2.24, 2.45) is 0 Å². The molecule has 0 bridgehead atoms. The topological polar surface area (TPSA) is 67.4 Å². The lowest BCUT2D eigenvalue weighted by atomic mass is 9.99. The largest absolute Gasteiger partial charge is 0.495 e. The van der Waals surface area contributed by atoms with Gasteiger partial charge in [0, 0.05) is 18.7 Å². The number of likely N-dealkylation sites (tertiary alicyclic amines) is 1. The third-order valence-corrected chi connectivity index (χ3v) is 4.62. The van der Waals surface area contributed by atoms with Crippen molar-refractivity contribution < 1.29 is 9.53 Å². The molecule has 6 nitrogen and oxygen atoms in total. The number of para-hydroxylation sites is 2. The van der Waals surface area contributed by atoms with E-state index in [1.54, 1.807) is 13.2 Å². The van der Waals surface area contributed by atoms with Crippen molar-refractivity contribution in [2.75, 3.05) is 19.0 Å². The molecule has 0 aliphatic carbocycles. The maximum absolute atomic E-state index is 12.9. The zero-order valence-corrected chi connectivity index (χ0v) is 14.7. The summed E-state index contributed by atoms with van der Waals surface area (Å²) in [6.07, 6.45) is 5.71. The fraction of sp³-hybridized carbons (Fsp3) is 0.421. The Morgan fingerprint density at radius 3 is 2.96 bits per heavy atom. The van der Waals surface area contributed by atoms with Gasteiger partial charge in [0.1, 0.15) is 23.6 Å². The SMILES string of the molecule is CCC1CCCCN1C(=O)c1cc(Nc2ccccc2OC)ncn1. The number of amides is 1. The van der Waals surface area contributed by atoms with Gasteiger partial charge in [0.15, 0.2) is 0 Å². The van der Waals surface area contributed by atoms with E-state index in [9.17, 15) is 4.79 Å². The number of nitrogens with one attached hydrogen (secondary N) is 1. The normalized spacial score (nSPS) is 17.2. The third-order valence-electron chi connectivity index (χ3n) is 4.62. The first kappa shape index (κ1) is 17.2. The van der Waals surface area contributed by atoms with Gasteiger partial charge in [-0.2, -0.15) is 0 Å². The number of rotatable bonds is 5. The van der Waals surface area contributed by atoms with Crippen LogP contribution in [0.2, 0.25) is 0 Å². The first-order chi connectivity index (χ1) is 12.2. The lowest BCUT2D eigenvalue weighted by molar-refractivity contribution is 0.0602. The van der Waals surface area contributed by atoms with Crippen molar-refractivity contribution in [3.8, 4) is 5.75 Å². The van der Waals surface area contributed by atoms with Gasteiger partial charge in [0.05, 0.1) is 12.8 Å². The van der Waals surface area contributed by atoms with Gasteiger partial charge in [-0.15, -0.1) is 0 Å². The summed E-state index contributed by atoms with van der Waals surface area (Å²) in [5.41, 5.74) is 1.22. The summed E-state index contributed by atoms with van der Waals surface area (Å²) < 4.78 is 5.34. The Kier molecular flexibility index (Phi) is 5.48. The smallest absolute Gasteiger partial charge is 0.272 e. The molecule has 1 saturated heterocycles. The minimum Gasteiger partial charge on any atom is -0.495 e. The standard InChI is InChI=1S/C19H24N4O2/c1-3-14-8-6-7-11-23(14)19(24)16-12-18(21-13-20-16)22-15-9-4-5-10-17(15)25-2/h4-5,9-10,12-14H,3,6-8,11H2,1-2H3,(H,20,21,22). The molecule has 2 aromatic rings. The summed E-state index contributed by atoms with van der Waals surface area (Å²) in [7, 11) is 1.62. The van der Waals surface area contributed by atoms with Gasteiger partial charge in [-0.3, -0.25) is 4.79 Å². The Labute approximate surface area is 148 Å². The van der Waals surface area contributed by atoms with E-state index in [1.807, 2.05) is 29.2 Å². The average Bonchev–Trinajstić information content (AvgIpc) is 2.68. The van der Waals surface area contributed by atoms with E-state index >= 15 is 0 Å². The van der Waals surface area contributed by atoms with Crippen molar-refractivity contribution in [1.29, 1.82) is 0 Å². The molecule has 1 fully saturated rings. The highest BCUT2D eigenvalue weighted by atomic mass is 16.5. The molecule has 1 N–H and O–H groups in total. The number of carbonyl (C=O) groups excluding carboxylic acids is 1. The molecule has 25 heavy (non-hydrogen) atoms.